The normalized spacial score (nSPS) is 15.1. The van der Waals surface area contributed by atoms with Crippen LogP contribution in [-0.2, 0) is 11.8 Å². The molecule has 0 radical (unpaired) electrons. The Morgan fingerprint density at radius 2 is 1.64 bits per heavy atom. The molecule has 5 rings (SSSR count). The summed E-state index contributed by atoms with van der Waals surface area (Å²) in [6.45, 7) is 0. The van der Waals surface area contributed by atoms with Crippen molar-refractivity contribution in [1.82, 2.24) is 4.57 Å². The van der Waals surface area contributed by atoms with Crippen LogP contribution in [0, 0.1) is 0 Å². The zero-order valence-electron chi connectivity index (χ0n) is 13.8. The molecule has 0 saturated heterocycles. The van der Waals surface area contributed by atoms with Crippen LogP contribution in [0.1, 0.15) is 11.1 Å². The Morgan fingerprint density at radius 1 is 0.880 bits per heavy atom. The summed E-state index contributed by atoms with van der Waals surface area (Å²) in [5.74, 6) is -0.0424. The van der Waals surface area contributed by atoms with E-state index in [9.17, 15) is 4.79 Å². The van der Waals surface area contributed by atoms with Crippen molar-refractivity contribution in [2.24, 2.45) is 7.05 Å². The molecular formula is C22H16N2O. The lowest BCUT2D eigenvalue weighted by molar-refractivity contribution is -0.110. The van der Waals surface area contributed by atoms with E-state index in [1.807, 2.05) is 30.3 Å². The number of para-hydroxylation sites is 2. The van der Waals surface area contributed by atoms with Gasteiger partial charge in [-0.2, -0.15) is 0 Å². The first-order valence-electron chi connectivity index (χ1n) is 8.32. The smallest absolute Gasteiger partial charge is 0.256 e. The van der Waals surface area contributed by atoms with E-state index in [2.05, 4.69) is 59.4 Å². The van der Waals surface area contributed by atoms with Crippen molar-refractivity contribution in [2.75, 3.05) is 5.32 Å². The third kappa shape index (κ3) is 2.02. The second kappa shape index (κ2) is 5.08. The topological polar surface area (TPSA) is 34.0 Å². The van der Waals surface area contributed by atoms with Gasteiger partial charge in [0.1, 0.15) is 0 Å². The van der Waals surface area contributed by atoms with Gasteiger partial charge in [0.15, 0.2) is 0 Å². The van der Waals surface area contributed by atoms with Crippen LogP contribution in [0.4, 0.5) is 5.69 Å². The van der Waals surface area contributed by atoms with Crippen LogP contribution >= 0.6 is 0 Å². The molecule has 25 heavy (non-hydrogen) atoms. The van der Waals surface area contributed by atoms with E-state index in [1.54, 1.807) is 0 Å². The standard InChI is InChI=1S/C22H16N2O/c1-24-20-9-5-3-7-16(20)17-12-14(10-11-21(17)24)13-18-15-6-2-4-8-19(15)23-22(18)25/h2-13H,1H3,(H,23,25)/b18-13+. The number of fused-ring (bicyclic) bond motifs is 4. The summed E-state index contributed by atoms with van der Waals surface area (Å²) in [7, 11) is 2.09. The van der Waals surface area contributed by atoms with Gasteiger partial charge in [0, 0.05) is 45.7 Å². The molecule has 0 fully saturated rings. The summed E-state index contributed by atoms with van der Waals surface area (Å²) < 4.78 is 2.21. The number of hydrogen-bond donors (Lipinski definition) is 1. The molecule has 1 aliphatic rings. The molecule has 120 valence electrons. The van der Waals surface area contributed by atoms with Gasteiger partial charge in [-0.05, 0) is 35.9 Å². The molecule has 1 amide bonds. The second-order valence-electron chi connectivity index (χ2n) is 6.41. The molecule has 0 spiro atoms. The minimum atomic E-state index is -0.0424. The summed E-state index contributed by atoms with van der Waals surface area (Å²) in [6, 6.07) is 22.6. The monoisotopic (exact) mass is 324 g/mol. The highest BCUT2D eigenvalue weighted by molar-refractivity contribution is 6.35. The number of carbonyl (C=O) groups is 1. The van der Waals surface area contributed by atoms with Gasteiger partial charge in [0.25, 0.3) is 5.91 Å². The molecule has 3 nitrogen and oxygen atoms in total. The minimum Gasteiger partial charge on any atom is -0.344 e. The number of aromatic nitrogens is 1. The molecule has 4 aromatic rings. The number of amides is 1. The van der Waals surface area contributed by atoms with Crippen LogP contribution < -0.4 is 5.32 Å². The number of rotatable bonds is 1. The average Bonchev–Trinajstić information content (AvgIpc) is 3.11. The van der Waals surface area contributed by atoms with E-state index < -0.39 is 0 Å². The van der Waals surface area contributed by atoms with E-state index in [0.717, 1.165) is 22.4 Å². The minimum absolute atomic E-state index is 0.0424. The highest BCUT2D eigenvalue weighted by atomic mass is 16.2. The molecule has 0 atom stereocenters. The van der Waals surface area contributed by atoms with Gasteiger partial charge >= 0.3 is 0 Å². The van der Waals surface area contributed by atoms with Gasteiger partial charge < -0.3 is 9.88 Å². The summed E-state index contributed by atoms with van der Waals surface area (Å²) in [5.41, 5.74) is 6.00. The third-order valence-electron chi connectivity index (χ3n) is 4.96. The SMILES string of the molecule is Cn1c2ccccc2c2cc(/C=C3/C(=O)Nc4ccccc43)ccc21. The summed E-state index contributed by atoms with van der Waals surface area (Å²) in [4.78, 5) is 12.3. The maximum atomic E-state index is 12.3. The van der Waals surface area contributed by atoms with Crippen molar-refractivity contribution in [1.29, 1.82) is 0 Å². The molecule has 1 aliphatic heterocycles. The first-order valence-corrected chi connectivity index (χ1v) is 8.32. The molecule has 3 heteroatoms. The van der Waals surface area contributed by atoms with Crippen molar-refractivity contribution in [3.63, 3.8) is 0 Å². The predicted octanol–water partition coefficient (Wildman–Crippen LogP) is 4.82. The summed E-state index contributed by atoms with van der Waals surface area (Å²) >= 11 is 0. The van der Waals surface area contributed by atoms with Gasteiger partial charge in [0.05, 0.1) is 0 Å². The van der Waals surface area contributed by atoms with Crippen molar-refractivity contribution in [3.8, 4) is 0 Å². The van der Waals surface area contributed by atoms with Crippen molar-refractivity contribution in [3.05, 3.63) is 77.9 Å². The Labute approximate surface area is 145 Å². The van der Waals surface area contributed by atoms with E-state index in [4.69, 9.17) is 0 Å². The van der Waals surface area contributed by atoms with Crippen LogP contribution in [0.5, 0.6) is 0 Å². The van der Waals surface area contributed by atoms with Gasteiger partial charge in [-0.1, -0.05) is 42.5 Å². The zero-order chi connectivity index (χ0) is 17.0. The van der Waals surface area contributed by atoms with E-state index in [-0.39, 0.29) is 5.91 Å². The quantitative estimate of drug-likeness (QED) is 0.500. The summed E-state index contributed by atoms with van der Waals surface area (Å²) in [5, 5.41) is 5.37. The maximum absolute atomic E-state index is 12.3. The lowest BCUT2D eigenvalue weighted by Crippen LogP contribution is -2.03. The molecule has 3 aromatic carbocycles. The van der Waals surface area contributed by atoms with Gasteiger partial charge in [-0.3, -0.25) is 4.79 Å². The maximum Gasteiger partial charge on any atom is 0.256 e. The molecule has 2 heterocycles. The van der Waals surface area contributed by atoms with Crippen LogP contribution in [0.2, 0.25) is 0 Å². The zero-order valence-corrected chi connectivity index (χ0v) is 13.8. The Morgan fingerprint density at radius 3 is 2.56 bits per heavy atom. The highest BCUT2D eigenvalue weighted by Gasteiger charge is 2.23. The molecule has 1 N–H and O–H groups in total. The van der Waals surface area contributed by atoms with Crippen LogP contribution in [0.15, 0.2) is 66.7 Å². The number of nitrogens with one attached hydrogen (secondary N) is 1. The van der Waals surface area contributed by atoms with Crippen LogP contribution in [-0.4, -0.2) is 10.5 Å². The number of aryl methyl sites for hydroxylation is 1. The first kappa shape index (κ1) is 14.1. The number of anilines is 1. The predicted molar refractivity (Wildman–Crippen MR) is 103 cm³/mol. The number of nitrogens with zero attached hydrogens (tertiary/aromatic N) is 1. The van der Waals surface area contributed by atoms with Crippen molar-refractivity contribution in [2.45, 2.75) is 0 Å². The van der Waals surface area contributed by atoms with E-state index in [0.29, 0.717) is 0 Å². The fourth-order valence-corrected chi connectivity index (χ4v) is 3.72. The largest absolute Gasteiger partial charge is 0.344 e. The molecule has 0 aliphatic carbocycles. The lowest BCUT2D eigenvalue weighted by Gasteiger charge is -2.01. The van der Waals surface area contributed by atoms with Gasteiger partial charge in [-0.15, -0.1) is 0 Å². The molecule has 0 unspecified atom stereocenters. The Hall–Kier alpha value is -3.33. The Balaban J connectivity index is 1.72. The molecule has 1 aromatic heterocycles. The highest BCUT2D eigenvalue weighted by Crippen LogP contribution is 2.34. The third-order valence-corrected chi connectivity index (χ3v) is 4.96. The average molecular weight is 324 g/mol. The Kier molecular flexibility index (Phi) is 2.86. The lowest BCUT2D eigenvalue weighted by atomic mass is 10.0. The van der Waals surface area contributed by atoms with Gasteiger partial charge in [0.2, 0.25) is 0 Å². The van der Waals surface area contributed by atoms with E-state index >= 15 is 0 Å². The van der Waals surface area contributed by atoms with Crippen LogP contribution in [0.3, 0.4) is 0 Å². The first-order chi connectivity index (χ1) is 12.2. The van der Waals surface area contributed by atoms with Crippen molar-refractivity contribution < 1.29 is 4.79 Å². The molecule has 0 saturated carbocycles. The molecule has 0 bridgehead atoms. The van der Waals surface area contributed by atoms with Crippen molar-refractivity contribution >= 4 is 45.0 Å². The van der Waals surface area contributed by atoms with E-state index in [1.165, 1.54) is 21.8 Å². The number of hydrogen-bond acceptors (Lipinski definition) is 1. The fraction of sp³-hybridized carbons (Fsp3) is 0.0455. The second-order valence-corrected chi connectivity index (χ2v) is 6.41. The van der Waals surface area contributed by atoms with Gasteiger partial charge in [-0.25, -0.2) is 0 Å². The number of carbonyl (C=O) groups excluding carboxylic acids is 1. The number of benzene rings is 3. The summed E-state index contributed by atoms with van der Waals surface area (Å²) in [6.07, 6.45) is 1.97. The fourth-order valence-electron chi connectivity index (χ4n) is 3.72. The Bertz CT molecular complexity index is 1200. The molecular weight excluding hydrogens is 308 g/mol. The van der Waals surface area contributed by atoms with Crippen LogP contribution in [0.25, 0.3) is 33.5 Å².